The van der Waals surface area contributed by atoms with E-state index in [0.29, 0.717) is 0 Å². The van der Waals surface area contributed by atoms with Crippen LogP contribution < -0.4 is 5.43 Å². The van der Waals surface area contributed by atoms with Crippen molar-refractivity contribution < 1.29 is 10.2 Å². The van der Waals surface area contributed by atoms with Gasteiger partial charge in [-0.05, 0) is 19.9 Å². The van der Waals surface area contributed by atoms with E-state index in [9.17, 15) is 10.2 Å². The lowest BCUT2D eigenvalue weighted by molar-refractivity contribution is 0.404. The normalized spacial score (nSPS) is 11.1. The minimum atomic E-state index is -0.144. The van der Waals surface area contributed by atoms with Gasteiger partial charge in [-0.2, -0.15) is 9.89 Å². The summed E-state index contributed by atoms with van der Waals surface area (Å²) in [7, 11) is 0. The molecule has 0 atom stereocenters. The largest absolute Gasteiger partial charge is 0.504 e. The second-order valence-electron chi connectivity index (χ2n) is 3.74. The topological polar surface area (TPSA) is 70.3 Å². The zero-order chi connectivity index (χ0) is 11.0. The predicted molar refractivity (Wildman–Crippen MR) is 57.6 cm³/mol. The van der Waals surface area contributed by atoms with E-state index in [-0.39, 0.29) is 17.5 Å². The van der Waals surface area contributed by atoms with Crippen molar-refractivity contribution in [3.05, 3.63) is 18.3 Å². The molecule has 15 heavy (non-hydrogen) atoms. The van der Waals surface area contributed by atoms with Crippen molar-refractivity contribution in [2.24, 2.45) is 0 Å². The molecule has 0 fully saturated rings. The number of phenols is 2. The number of rotatable bonds is 2. The molecule has 0 aliphatic rings. The fourth-order valence-corrected chi connectivity index (χ4v) is 1.40. The summed E-state index contributed by atoms with van der Waals surface area (Å²) in [5, 5.41) is 23.6. The lowest BCUT2D eigenvalue weighted by atomic mass is 10.2. The standard InChI is InChI=1S/C10H13N3O2/c1-6(2)12-13-8-4-10(15)9(14)3-7(8)5-11-13/h3-6,12,14-15H,1-2H3. The van der Waals surface area contributed by atoms with E-state index < -0.39 is 0 Å². The van der Waals surface area contributed by atoms with Gasteiger partial charge in [0.25, 0.3) is 0 Å². The number of aromatic hydroxyl groups is 2. The Bertz CT molecular complexity index is 491. The average Bonchev–Trinajstić information content (AvgIpc) is 2.49. The average molecular weight is 207 g/mol. The summed E-state index contributed by atoms with van der Waals surface area (Å²) in [4.78, 5) is 1.58. The van der Waals surface area contributed by atoms with Crippen molar-refractivity contribution in [3.63, 3.8) is 0 Å². The Morgan fingerprint density at radius 3 is 2.60 bits per heavy atom. The second kappa shape index (κ2) is 3.34. The van der Waals surface area contributed by atoms with Gasteiger partial charge < -0.3 is 15.6 Å². The fraction of sp³-hybridized carbons (Fsp3) is 0.300. The quantitative estimate of drug-likeness (QED) is 0.651. The van der Waals surface area contributed by atoms with Crippen LogP contribution in [0.4, 0.5) is 0 Å². The number of benzene rings is 1. The van der Waals surface area contributed by atoms with Gasteiger partial charge in [-0.1, -0.05) is 0 Å². The molecule has 0 unspecified atom stereocenters. The lowest BCUT2D eigenvalue weighted by Gasteiger charge is -2.10. The zero-order valence-electron chi connectivity index (χ0n) is 8.60. The number of phenolic OH excluding ortho intramolecular Hbond substituents is 2. The Balaban J connectivity index is 2.54. The van der Waals surface area contributed by atoms with Gasteiger partial charge in [0.05, 0.1) is 11.7 Å². The van der Waals surface area contributed by atoms with Crippen LogP contribution in [-0.4, -0.2) is 26.1 Å². The van der Waals surface area contributed by atoms with Gasteiger partial charge in [-0.15, -0.1) is 0 Å². The van der Waals surface area contributed by atoms with Crippen molar-refractivity contribution in [1.29, 1.82) is 0 Å². The summed E-state index contributed by atoms with van der Waals surface area (Å²) in [6.07, 6.45) is 1.63. The molecule has 2 aromatic rings. The van der Waals surface area contributed by atoms with Crippen LogP contribution >= 0.6 is 0 Å². The minimum Gasteiger partial charge on any atom is -0.504 e. The Labute approximate surface area is 86.9 Å². The van der Waals surface area contributed by atoms with Crippen molar-refractivity contribution in [1.82, 2.24) is 9.89 Å². The molecule has 0 spiro atoms. The monoisotopic (exact) mass is 207 g/mol. The van der Waals surface area contributed by atoms with Crippen molar-refractivity contribution in [2.45, 2.75) is 19.9 Å². The summed E-state index contributed by atoms with van der Waals surface area (Å²) in [5.41, 5.74) is 3.82. The van der Waals surface area contributed by atoms with E-state index in [1.807, 2.05) is 13.8 Å². The molecule has 2 rings (SSSR count). The van der Waals surface area contributed by atoms with E-state index in [1.54, 1.807) is 11.0 Å². The highest BCUT2D eigenvalue weighted by Gasteiger charge is 2.07. The molecule has 3 N–H and O–H groups in total. The molecule has 1 aromatic carbocycles. The highest BCUT2D eigenvalue weighted by Crippen LogP contribution is 2.29. The van der Waals surface area contributed by atoms with Crippen LogP contribution in [0.3, 0.4) is 0 Å². The Hall–Kier alpha value is -1.91. The molecule has 0 amide bonds. The molecule has 0 bridgehead atoms. The number of aromatic nitrogens is 2. The lowest BCUT2D eigenvalue weighted by Crippen LogP contribution is -2.22. The first kappa shape index (κ1) is 9.64. The number of hydrogen-bond acceptors (Lipinski definition) is 4. The maximum absolute atomic E-state index is 9.38. The van der Waals surface area contributed by atoms with Gasteiger partial charge in [0, 0.05) is 17.5 Å². The highest BCUT2D eigenvalue weighted by atomic mass is 16.3. The molecule has 0 aliphatic carbocycles. The predicted octanol–water partition coefficient (Wildman–Crippen LogP) is 1.40. The molecule has 0 aliphatic heterocycles. The summed E-state index contributed by atoms with van der Waals surface area (Å²) < 4.78 is 0. The number of nitrogens with zero attached hydrogens (tertiary/aromatic N) is 2. The zero-order valence-corrected chi connectivity index (χ0v) is 8.60. The van der Waals surface area contributed by atoms with Crippen molar-refractivity contribution in [3.8, 4) is 11.5 Å². The number of nitrogens with one attached hydrogen (secondary N) is 1. The summed E-state index contributed by atoms with van der Waals surface area (Å²) in [6.45, 7) is 3.99. The molecular formula is C10H13N3O2. The third-order valence-electron chi connectivity index (χ3n) is 2.04. The van der Waals surface area contributed by atoms with Crippen molar-refractivity contribution >= 4 is 10.9 Å². The molecule has 0 radical (unpaired) electrons. The van der Waals surface area contributed by atoms with Crippen LogP contribution in [0.25, 0.3) is 10.9 Å². The third kappa shape index (κ3) is 1.68. The second-order valence-corrected chi connectivity index (χ2v) is 3.74. The maximum atomic E-state index is 9.38. The van der Waals surface area contributed by atoms with E-state index in [2.05, 4.69) is 10.5 Å². The molecule has 5 nitrogen and oxygen atoms in total. The highest BCUT2D eigenvalue weighted by molar-refractivity contribution is 5.82. The van der Waals surface area contributed by atoms with Gasteiger partial charge >= 0.3 is 0 Å². The molecule has 1 heterocycles. The van der Waals surface area contributed by atoms with Crippen LogP contribution in [0.5, 0.6) is 11.5 Å². The first-order chi connectivity index (χ1) is 7.08. The van der Waals surface area contributed by atoms with E-state index in [4.69, 9.17) is 0 Å². The van der Waals surface area contributed by atoms with E-state index in [1.165, 1.54) is 12.1 Å². The molecular weight excluding hydrogens is 194 g/mol. The Kier molecular flexibility index (Phi) is 2.15. The number of fused-ring (bicyclic) bond motifs is 1. The Morgan fingerprint density at radius 2 is 1.93 bits per heavy atom. The molecule has 80 valence electrons. The molecule has 0 saturated carbocycles. The van der Waals surface area contributed by atoms with Gasteiger partial charge in [0.1, 0.15) is 0 Å². The van der Waals surface area contributed by atoms with Crippen LogP contribution in [0.15, 0.2) is 18.3 Å². The fourth-order valence-electron chi connectivity index (χ4n) is 1.40. The first-order valence-corrected chi connectivity index (χ1v) is 4.74. The minimum absolute atomic E-state index is 0.133. The van der Waals surface area contributed by atoms with E-state index >= 15 is 0 Å². The van der Waals surface area contributed by atoms with Crippen LogP contribution in [0.1, 0.15) is 13.8 Å². The summed E-state index contributed by atoms with van der Waals surface area (Å²) in [5.74, 6) is -0.276. The first-order valence-electron chi connectivity index (χ1n) is 4.74. The number of hydrogen-bond donors (Lipinski definition) is 3. The van der Waals surface area contributed by atoms with Crippen LogP contribution in [0.2, 0.25) is 0 Å². The SMILES string of the molecule is CC(C)Nn1ncc2cc(O)c(O)cc21. The van der Waals surface area contributed by atoms with Crippen LogP contribution in [0, 0.1) is 0 Å². The molecule has 1 aromatic heterocycles. The van der Waals surface area contributed by atoms with Gasteiger partial charge in [-0.25, -0.2) is 0 Å². The van der Waals surface area contributed by atoms with Gasteiger partial charge in [0.15, 0.2) is 11.5 Å². The maximum Gasteiger partial charge on any atom is 0.159 e. The van der Waals surface area contributed by atoms with Gasteiger partial charge in [-0.3, -0.25) is 0 Å². The molecule has 0 saturated heterocycles. The van der Waals surface area contributed by atoms with Crippen LogP contribution in [-0.2, 0) is 0 Å². The molecule has 5 heteroatoms. The van der Waals surface area contributed by atoms with Crippen molar-refractivity contribution in [2.75, 3.05) is 5.43 Å². The summed E-state index contributed by atoms with van der Waals surface area (Å²) in [6, 6.07) is 3.20. The van der Waals surface area contributed by atoms with Gasteiger partial charge in [0.2, 0.25) is 0 Å². The smallest absolute Gasteiger partial charge is 0.159 e. The van der Waals surface area contributed by atoms with E-state index in [0.717, 1.165) is 10.9 Å². The Morgan fingerprint density at radius 1 is 1.27 bits per heavy atom. The summed E-state index contributed by atoms with van der Waals surface area (Å²) >= 11 is 0. The third-order valence-corrected chi connectivity index (χ3v) is 2.04.